The van der Waals surface area contributed by atoms with Crippen LogP contribution < -0.4 is 11.1 Å². The van der Waals surface area contributed by atoms with Gasteiger partial charge in [0.15, 0.2) is 0 Å². The van der Waals surface area contributed by atoms with Gasteiger partial charge in [-0.15, -0.1) is 0 Å². The molecule has 0 aromatic carbocycles. The molecule has 0 atom stereocenters. The monoisotopic (exact) mass is 223 g/mol. The first-order valence-electron chi connectivity index (χ1n) is 4.79. The lowest BCUT2D eigenvalue weighted by molar-refractivity contribution is 0.1000. The third-order valence-corrected chi connectivity index (χ3v) is 1.79. The van der Waals surface area contributed by atoms with Crippen LogP contribution in [0.15, 0.2) is 18.3 Å². The van der Waals surface area contributed by atoms with E-state index >= 15 is 0 Å². The normalized spacial score (nSPS) is 9.56. The van der Waals surface area contributed by atoms with Crippen LogP contribution in [0.2, 0.25) is 0 Å². The molecule has 0 unspecified atom stereocenters. The first kappa shape index (κ1) is 12.0. The summed E-state index contributed by atoms with van der Waals surface area (Å²) in [5.74, 6) is -0.528. The molecule has 1 aromatic rings. The lowest BCUT2D eigenvalue weighted by atomic mass is 10.2. The van der Waals surface area contributed by atoms with Crippen molar-refractivity contribution >= 4 is 12.0 Å². The third kappa shape index (κ3) is 3.56. The zero-order valence-electron chi connectivity index (χ0n) is 8.90. The van der Waals surface area contributed by atoms with Crippen LogP contribution in [0.1, 0.15) is 23.0 Å². The summed E-state index contributed by atoms with van der Waals surface area (Å²) in [5, 5.41) is 2.49. The molecule has 1 aromatic heterocycles. The Bertz CT molecular complexity index is 393. The molecule has 0 bridgehead atoms. The van der Waals surface area contributed by atoms with Crippen molar-refractivity contribution in [2.75, 3.05) is 6.61 Å². The van der Waals surface area contributed by atoms with E-state index in [1.54, 1.807) is 6.92 Å². The molecule has 86 valence electrons. The Labute approximate surface area is 92.8 Å². The summed E-state index contributed by atoms with van der Waals surface area (Å²) < 4.78 is 4.67. The number of primary amides is 1. The van der Waals surface area contributed by atoms with Crippen molar-refractivity contribution < 1.29 is 14.3 Å². The van der Waals surface area contributed by atoms with E-state index in [2.05, 4.69) is 15.0 Å². The molecule has 6 heteroatoms. The molecule has 6 nitrogen and oxygen atoms in total. The van der Waals surface area contributed by atoms with Crippen LogP contribution in [0, 0.1) is 0 Å². The molecular formula is C10H13N3O3. The highest BCUT2D eigenvalue weighted by molar-refractivity contribution is 5.92. The first-order chi connectivity index (χ1) is 7.63. The van der Waals surface area contributed by atoms with Gasteiger partial charge in [0.05, 0.1) is 18.8 Å². The summed E-state index contributed by atoms with van der Waals surface area (Å²) in [7, 11) is 0. The fourth-order valence-electron chi connectivity index (χ4n) is 1.07. The van der Waals surface area contributed by atoms with Crippen LogP contribution in [-0.4, -0.2) is 23.6 Å². The van der Waals surface area contributed by atoms with Gasteiger partial charge in [0, 0.05) is 11.8 Å². The van der Waals surface area contributed by atoms with Crippen molar-refractivity contribution in [1.82, 2.24) is 10.3 Å². The van der Waals surface area contributed by atoms with E-state index in [4.69, 9.17) is 5.73 Å². The van der Waals surface area contributed by atoms with Gasteiger partial charge in [-0.05, 0) is 19.1 Å². The van der Waals surface area contributed by atoms with Crippen LogP contribution in [0.25, 0.3) is 0 Å². The maximum Gasteiger partial charge on any atom is 0.407 e. The quantitative estimate of drug-likeness (QED) is 0.773. The minimum atomic E-state index is -0.528. The lowest BCUT2D eigenvalue weighted by Crippen LogP contribution is -2.24. The predicted molar refractivity (Wildman–Crippen MR) is 56.6 cm³/mol. The Balaban J connectivity index is 2.57. The van der Waals surface area contributed by atoms with Gasteiger partial charge in [-0.2, -0.15) is 0 Å². The Morgan fingerprint density at radius 3 is 2.94 bits per heavy atom. The molecule has 0 aliphatic carbocycles. The number of nitrogens with two attached hydrogens (primary N) is 1. The summed E-state index contributed by atoms with van der Waals surface area (Å²) in [4.78, 5) is 25.8. The second kappa shape index (κ2) is 5.69. The topological polar surface area (TPSA) is 94.3 Å². The number of rotatable bonds is 4. The molecule has 0 radical (unpaired) electrons. The molecule has 0 fully saturated rings. The number of pyridine rings is 1. The number of alkyl carbamates (subject to hydrolysis) is 1. The Morgan fingerprint density at radius 2 is 2.31 bits per heavy atom. The summed E-state index contributed by atoms with van der Waals surface area (Å²) >= 11 is 0. The predicted octanol–water partition coefficient (Wildman–Crippen LogP) is 0.427. The highest BCUT2D eigenvalue weighted by Crippen LogP contribution is 2.00. The molecule has 0 saturated heterocycles. The van der Waals surface area contributed by atoms with Gasteiger partial charge >= 0.3 is 6.09 Å². The van der Waals surface area contributed by atoms with Crippen molar-refractivity contribution in [3.8, 4) is 0 Å². The fraction of sp³-hybridized carbons (Fsp3) is 0.300. The van der Waals surface area contributed by atoms with Crippen molar-refractivity contribution in [2.45, 2.75) is 13.5 Å². The molecule has 0 spiro atoms. The minimum Gasteiger partial charge on any atom is -0.450 e. The van der Waals surface area contributed by atoms with E-state index in [1.807, 2.05) is 0 Å². The van der Waals surface area contributed by atoms with E-state index in [9.17, 15) is 9.59 Å². The van der Waals surface area contributed by atoms with Gasteiger partial charge in [0.2, 0.25) is 5.91 Å². The number of ether oxygens (including phenoxy) is 1. The van der Waals surface area contributed by atoms with E-state index in [0.717, 1.165) is 0 Å². The number of amides is 2. The molecule has 1 rings (SSSR count). The van der Waals surface area contributed by atoms with Gasteiger partial charge < -0.3 is 15.8 Å². The number of aromatic nitrogens is 1. The SMILES string of the molecule is CCOC(=O)NCc1cc(C(N)=O)ccn1. The maximum atomic E-state index is 11.0. The second-order valence-corrected chi connectivity index (χ2v) is 2.97. The smallest absolute Gasteiger partial charge is 0.407 e. The van der Waals surface area contributed by atoms with Crippen molar-refractivity contribution in [3.63, 3.8) is 0 Å². The highest BCUT2D eigenvalue weighted by Gasteiger charge is 2.04. The third-order valence-electron chi connectivity index (χ3n) is 1.79. The Hall–Kier alpha value is -2.11. The second-order valence-electron chi connectivity index (χ2n) is 2.97. The molecule has 0 aliphatic heterocycles. The lowest BCUT2D eigenvalue weighted by Gasteiger charge is -2.05. The van der Waals surface area contributed by atoms with Crippen LogP contribution in [0.3, 0.4) is 0 Å². The summed E-state index contributed by atoms with van der Waals surface area (Å²) in [5.41, 5.74) is 6.01. The van der Waals surface area contributed by atoms with Crippen molar-refractivity contribution in [1.29, 1.82) is 0 Å². The first-order valence-corrected chi connectivity index (χ1v) is 4.79. The van der Waals surface area contributed by atoms with Gasteiger partial charge in [0.1, 0.15) is 0 Å². The van der Waals surface area contributed by atoms with Crippen LogP contribution in [0.4, 0.5) is 4.79 Å². The number of nitrogens with one attached hydrogen (secondary N) is 1. The van der Waals surface area contributed by atoms with Crippen LogP contribution >= 0.6 is 0 Å². The largest absolute Gasteiger partial charge is 0.450 e. The maximum absolute atomic E-state index is 11.0. The average molecular weight is 223 g/mol. The molecule has 2 amide bonds. The van der Waals surface area contributed by atoms with Gasteiger partial charge in [-0.3, -0.25) is 9.78 Å². The number of carbonyl (C=O) groups is 2. The van der Waals surface area contributed by atoms with E-state index in [1.165, 1.54) is 18.3 Å². The standard InChI is InChI=1S/C10H13N3O3/c1-2-16-10(15)13-6-8-5-7(9(11)14)3-4-12-8/h3-5H,2,6H2,1H3,(H2,11,14)(H,13,15). The number of nitrogens with zero attached hydrogens (tertiary/aromatic N) is 1. The molecule has 1 heterocycles. The van der Waals surface area contributed by atoms with Gasteiger partial charge in [-0.25, -0.2) is 4.79 Å². The molecular weight excluding hydrogens is 210 g/mol. The number of hydrogen-bond donors (Lipinski definition) is 2. The van der Waals surface area contributed by atoms with Gasteiger partial charge in [0.25, 0.3) is 0 Å². The summed E-state index contributed by atoms with van der Waals surface area (Å²) in [6, 6.07) is 3.03. The number of hydrogen-bond acceptors (Lipinski definition) is 4. The average Bonchev–Trinajstić information content (AvgIpc) is 2.27. The van der Waals surface area contributed by atoms with E-state index in [-0.39, 0.29) is 6.54 Å². The number of carbonyl (C=O) groups excluding carboxylic acids is 2. The minimum absolute atomic E-state index is 0.194. The Kier molecular flexibility index (Phi) is 4.26. The summed E-state index contributed by atoms with van der Waals surface area (Å²) in [6.45, 7) is 2.21. The molecule has 0 saturated carbocycles. The highest BCUT2D eigenvalue weighted by atomic mass is 16.5. The molecule has 16 heavy (non-hydrogen) atoms. The van der Waals surface area contributed by atoms with Gasteiger partial charge in [-0.1, -0.05) is 0 Å². The van der Waals surface area contributed by atoms with Crippen LogP contribution in [0.5, 0.6) is 0 Å². The zero-order chi connectivity index (χ0) is 12.0. The fourth-order valence-corrected chi connectivity index (χ4v) is 1.07. The van der Waals surface area contributed by atoms with Crippen LogP contribution in [-0.2, 0) is 11.3 Å². The van der Waals surface area contributed by atoms with Crippen molar-refractivity contribution in [2.24, 2.45) is 5.73 Å². The summed E-state index contributed by atoms with van der Waals surface area (Å²) in [6.07, 6.45) is 0.941. The Morgan fingerprint density at radius 1 is 1.56 bits per heavy atom. The van der Waals surface area contributed by atoms with Crippen molar-refractivity contribution in [3.05, 3.63) is 29.6 Å². The van der Waals surface area contributed by atoms with E-state index < -0.39 is 12.0 Å². The molecule has 0 aliphatic rings. The van der Waals surface area contributed by atoms with E-state index in [0.29, 0.717) is 17.9 Å². The zero-order valence-corrected chi connectivity index (χ0v) is 8.90. The molecule has 3 N–H and O–H groups in total.